The molecule has 0 saturated heterocycles. The van der Waals surface area contributed by atoms with Crippen molar-refractivity contribution in [3.63, 3.8) is 0 Å². The zero-order valence-corrected chi connectivity index (χ0v) is 30.9. The Labute approximate surface area is 327 Å². The largest absolute Gasteiger partial charge is 0.455 e. The lowest BCUT2D eigenvalue weighted by Crippen LogP contribution is -1.97. The van der Waals surface area contributed by atoms with Gasteiger partial charge in [-0.1, -0.05) is 133 Å². The van der Waals surface area contributed by atoms with Crippen molar-refractivity contribution in [2.45, 2.75) is 0 Å². The van der Waals surface area contributed by atoms with Crippen LogP contribution in [0.5, 0.6) is 0 Å². The zero-order chi connectivity index (χ0) is 37.0. The Bertz CT molecular complexity index is 3240. The third-order valence-electron chi connectivity index (χ3n) is 10.7. The van der Waals surface area contributed by atoms with E-state index in [-0.39, 0.29) is 0 Å². The molecular formula is C51H31N3OS. The summed E-state index contributed by atoms with van der Waals surface area (Å²) in [7, 11) is 0. The number of rotatable bonds is 6. The van der Waals surface area contributed by atoms with Crippen LogP contribution in [0.15, 0.2) is 193 Å². The molecule has 0 fully saturated rings. The van der Waals surface area contributed by atoms with Crippen LogP contribution in [0.3, 0.4) is 0 Å². The predicted octanol–water partition coefficient (Wildman–Crippen LogP) is 14.1. The highest BCUT2D eigenvalue weighted by Gasteiger charge is 2.20. The minimum absolute atomic E-state index is 0.672. The summed E-state index contributed by atoms with van der Waals surface area (Å²) in [5.74, 6) is 0.672. The predicted molar refractivity (Wildman–Crippen MR) is 233 cm³/mol. The van der Waals surface area contributed by atoms with E-state index < -0.39 is 0 Å². The van der Waals surface area contributed by atoms with E-state index >= 15 is 0 Å². The molecule has 11 aromatic rings. The van der Waals surface area contributed by atoms with Crippen molar-refractivity contribution in [1.82, 2.24) is 15.0 Å². The molecule has 56 heavy (non-hydrogen) atoms. The molecule has 4 heterocycles. The van der Waals surface area contributed by atoms with E-state index in [1.54, 1.807) is 0 Å². The van der Waals surface area contributed by atoms with Crippen molar-refractivity contribution in [2.75, 3.05) is 0 Å². The molecule has 7 aromatic carbocycles. The van der Waals surface area contributed by atoms with Gasteiger partial charge in [-0.25, -0.2) is 9.97 Å². The first-order chi connectivity index (χ1) is 27.8. The maximum Gasteiger partial charge on any atom is 0.161 e. The minimum atomic E-state index is 0.672. The molecule has 0 amide bonds. The van der Waals surface area contributed by atoms with E-state index in [0.717, 1.165) is 72.3 Å². The van der Waals surface area contributed by atoms with Crippen molar-refractivity contribution in [2.24, 2.45) is 0 Å². The fraction of sp³-hybridized carbons (Fsp3) is 0. The summed E-state index contributed by atoms with van der Waals surface area (Å²) in [5, 5.41) is 4.82. The van der Waals surface area contributed by atoms with Crippen LogP contribution in [0.1, 0.15) is 0 Å². The highest BCUT2D eigenvalue weighted by atomic mass is 32.1. The van der Waals surface area contributed by atoms with Gasteiger partial charge in [0, 0.05) is 65.6 Å². The summed E-state index contributed by atoms with van der Waals surface area (Å²) in [6.45, 7) is 0. The lowest BCUT2D eigenvalue weighted by Gasteiger charge is -2.13. The number of aromatic nitrogens is 3. The lowest BCUT2D eigenvalue weighted by atomic mass is 9.92. The monoisotopic (exact) mass is 733 g/mol. The van der Waals surface area contributed by atoms with E-state index in [0.29, 0.717) is 5.82 Å². The first-order valence-corrected chi connectivity index (χ1v) is 19.5. The molecule has 0 aliphatic carbocycles. The molecule has 0 spiro atoms. The van der Waals surface area contributed by atoms with Crippen LogP contribution >= 0.6 is 11.3 Å². The van der Waals surface area contributed by atoms with Crippen LogP contribution in [-0.4, -0.2) is 15.0 Å². The molecule has 4 aromatic heterocycles. The molecule has 0 atom stereocenters. The molecule has 0 unspecified atom stereocenters. The molecule has 5 heteroatoms. The Morgan fingerprint density at radius 3 is 1.80 bits per heavy atom. The second kappa shape index (κ2) is 13.3. The summed E-state index contributed by atoms with van der Waals surface area (Å²) >= 11 is 1.84. The summed E-state index contributed by atoms with van der Waals surface area (Å²) in [6.07, 6.45) is 3.64. The number of thiophene rings is 1. The van der Waals surface area contributed by atoms with Crippen LogP contribution in [-0.2, 0) is 0 Å². The average molecular weight is 734 g/mol. The number of pyridine rings is 1. The summed E-state index contributed by atoms with van der Waals surface area (Å²) in [4.78, 5) is 14.6. The van der Waals surface area contributed by atoms with Gasteiger partial charge in [0.2, 0.25) is 0 Å². The van der Waals surface area contributed by atoms with Gasteiger partial charge >= 0.3 is 0 Å². The van der Waals surface area contributed by atoms with E-state index in [9.17, 15) is 0 Å². The van der Waals surface area contributed by atoms with Crippen molar-refractivity contribution in [3.05, 3.63) is 188 Å². The molecule has 0 radical (unpaired) electrons. The van der Waals surface area contributed by atoms with Crippen molar-refractivity contribution in [1.29, 1.82) is 0 Å². The van der Waals surface area contributed by atoms with Gasteiger partial charge in [0.15, 0.2) is 5.82 Å². The van der Waals surface area contributed by atoms with Crippen LogP contribution in [0.25, 0.3) is 109 Å². The molecule has 11 rings (SSSR count). The summed E-state index contributed by atoms with van der Waals surface area (Å²) < 4.78 is 9.33. The van der Waals surface area contributed by atoms with Crippen LogP contribution < -0.4 is 0 Å². The highest BCUT2D eigenvalue weighted by Crippen LogP contribution is 2.46. The second-order valence-corrected chi connectivity index (χ2v) is 15.0. The van der Waals surface area contributed by atoms with Gasteiger partial charge in [-0.3, -0.25) is 4.98 Å². The van der Waals surface area contributed by atoms with Gasteiger partial charge in [0.05, 0.1) is 11.4 Å². The van der Waals surface area contributed by atoms with Gasteiger partial charge in [-0.2, -0.15) is 0 Å². The van der Waals surface area contributed by atoms with Crippen molar-refractivity contribution in [3.8, 4) is 67.3 Å². The Morgan fingerprint density at radius 1 is 0.393 bits per heavy atom. The van der Waals surface area contributed by atoms with Gasteiger partial charge in [-0.05, 0) is 70.3 Å². The van der Waals surface area contributed by atoms with Gasteiger partial charge < -0.3 is 4.42 Å². The Morgan fingerprint density at radius 2 is 0.982 bits per heavy atom. The number of furan rings is 1. The number of nitrogens with zero attached hydrogens (tertiary/aromatic N) is 3. The number of benzene rings is 7. The number of fused-ring (bicyclic) bond motifs is 6. The van der Waals surface area contributed by atoms with Gasteiger partial charge in [0.25, 0.3) is 0 Å². The molecule has 0 bridgehead atoms. The van der Waals surface area contributed by atoms with Crippen LogP contribution in [0.2, 0.25) is 0 Å². The Balaban J connectivity index is 1.05. The number of hydrogen-bond acceptors (Lipinski definition) is 5. The average Bonchev–Trinajstić information content (AvgIpc) is 3.86. The standard InChI is InChI=1S/C51H31N3OS/c1-2-11-34(12-3-1)43-31-44(54-51(53-43)40-14-5-4-13-36(40)33-27-29-52-30-28-33)35-23-21-32(22-24-35)37-25-26-39(49-41-15-6-8-18-45(41)55-50(37)49)38-17-10-20-47-48(38)42-16-7-9-19-46(42)56-47/h1-31H. The van der Waals surface area contributed by atoms with E-state index in [1.807, 2.05) is 66.2 Å². The quantitative estimate of drug-likeness (QED) is 0.171. The SMILES string of the molecule is c1ccc(-c2cc(-c3ccc(-c4ccc(-c5cccc6sc7ccccc7c56)c5c4oc4ccccc45)cc3)nc(-c3ccccc3-c3ccncc3)n2)cc1. The smallest absolute Gasteiger partial charge is 0.161 e. The number of hydrogen-bond donors (Lipinski definition) is 0. The molecular weight excluding hydrogens is 703 g/mol. The Hall–Kier alpha value is -7.21. The zero-order valence-electron chi connectivity index (χ0n) is 30.1. The normalized spacial score (nSPS) is 11.6. The molecule has 0 N–H and O–H groups in total. The van der Waals surface area contributed by atoms with Gasteiger partial charge in [0.1, 0.15) is 11.2 Å². The molecule has 0 aliphatic rings. The maximum absolute atomic E-state index is 6.75. The maximum atomic E-state index is 6.75. The van der Waals surface area contributed by atoms with Crippen LogP contribution in [0.4, 0.5) is 0 Å². The highest BCUT2D eigenvalue weighted by molar-refractivity contribution is 7.25. The molecule has 0 aliphatic heterocycles. The van der Waals surface area contributed by atoms with E-state index in [1.165, 1.54) is 31.3 Å². The molecule has 0 saturated carbocycles. The minimum Gasteiger partial charge on any atom is -0.455 e. The first kappa shape index (κ1) is 32.2. The van der Waals surface area contributed by atoms with E-state index in [2.05, 4.69) is 138 Å². The first-order valence-electron chi connectivity index (χ1n) is 18.7. The third-order valence-corrected chi connectivity index (χ3v) is 11.8. The molecule has 262 valence electrons. The lowest BCUT2D eigenvalue weighted by molar-refractivity contribution is 0.670. The molecule has 4 nitrogen and oxygen atoms in total. The topological polar surface area (TPSA) is 51.8 Å². The van der Waals surface area contributed by atoms with Crippen molar-refractivity contribution >= 4 is 53.4 Å². The van der Waals surface area contributed by atoms with E-state index in [4.69, 9.17) is 14.4 Å². The third kappa shape index (κ3) is 5.40. The fourth-order valence-corrected chi connectivity index (χ4v) is 9.17. The van der Waals surface area contributed by atoms with Crippen LogP contribution in [0, 0.1) is 0 Å². The number of para-hydroxylation sites is 1. The summed E-state index contributed by atoms with van der Waals surface area (Å²) in [5.41, 5.74) is 13.1. The second-order valence-electron chi connectivity index (χ2n) is 13.9. The fourth-order valence-electron chi connectivity index (χ4n) is 8.03. The summed E-state index contributed by atoms with van der Waals surface area (Å²) in [6, 6.07) is 61.6. The Kier molecular flexibility index (Phi) is 7.64. The van der Waals surface area contributed by atoms with Gasteiger partial charge in [-0.15, -0.1) is 11.3 Å². The van der Waals surface area contributed by atoms with Crippen molar-refractivity contribution < 1.29 is 4.42 Å².